The second kappa shape index (κ2) is 10.6. The highest BCUT2D eigenvalue weighted by atomic mass is 32.2. The van der Waals surface area contributed by atoms with E-state index < -0.39 is 10.0 Å². The zero-order valence-electron chi connectivity index (χ0n) is 21.3. The van der Waals surface area contributed by atoms with Crippen molar-refractivity contribution in [1.82, 2.24) is 9.21 Å². The number of aryl methyl sites for hydroxylation is 2. The van der Waals surface area contributed by atoms with E-state index in [4.69, 9.17) is 4.74 Å². The van der Waals surface area contributed by atoms with Gasteiger partial charge in [0.25, 0.3) is 0 Å². The molecular formula is C27H37N3O4S. The van der Waals surface area contributed by atoms with E-state index in [0.717, 1.165) is 25.1 Å². The van der Waals surface area contributed by atoms with Crippen LogP contribution >= 0.6 is 0 Å². The summed E-state index contributed by atoms with van der Waals surface area (Å²) in [5, 5.41) is 0. The molecule has 2 fully saturated rings. The maximum Gasteiger partial charge on any atom is 0.243 e. The summed E-state index contributed by atoms with van der Waals surface area (Å²) in [6, 6.07) is 11.3. The Morgan fingerprint density at radius 3 is 2.43 bits per heavy atom. The summed E-state index contributed by atoms with van der Waals surface area (Å²) in [4.78, 5) is 17.9. The fraction of sp³-hybridized carbons (Fsp3) is 0.519. The third-order valence-corrected chi connectivity index (χ3v) is 9.19. The Morgan fingerprint density at radius 1 is 1.00 bits per heavy atom. The highest BCUT2D eigenvalue weighted by molar-refractivity contribution is 7.89. The lowest BCUT2D eigenvalue weighted by Gasteiger charge is -2.40. The summed E-state index contributed by atoms with van der Waals surface area (Å²) in [6.07, 6.45) is 1.42. The molecular weight excluding hydrogens is 462 g/mol. The molecule has 2 aromatic carbocycles. The monoisotopic (exact) mass is 499 g/mol. The predicted octanol–water partition coefficient (Wildman–Crippen LogP) is 3.76. The molecule has 2 aromatic rings. The first-order valence-corrected chi connectivity index (χ1v) is 14.0. The lowest BCUT2D eigenvalue weighted by molar-refractivity contribution is -0.137. The number of carbonyl (C=O) groups excluding carboxylic acids is 1. The first-order valence-electron chi connectivity index (χ1n) is 12.6. The van der Waals surface area contributed by atoms with Gasteiger partial charge in [-0.3, -0.25) is 4.79 Å². The Morgan fingerprint density at radius 2 is 1.74 bits per heavy atom. The zero-order valence-corrected chi connectivity index (χ0v) is 22.1. The van der Waals surface area contributed by atoms with Crippen LogP contribution in [0, 0.1) is 26.7 Å². The summed E-state index contributed by atoms with van der Waals surface area (Å²) in [6.45, 7) is 12.1. The van der Waals surface area contributed by atoms with Gasteiger partial charge in [-0.2, -0.15) is 4.31 Å². The van der Waals surface area contributed by atoms with Crippen molar-refractivity contribution < 1.29 is 17.9 Å². The Hall–Kier alpha value is -2.58. The molecule has 0 N–H and O–H groups in total. The minimum Gasteiger partial charge on any atom is -0.494 e. The Balaban J connectivity index is 1.40. The number of benzene rings is 2. The maximum atomic E-state index is 13.4. The first-order chi connectivity index (χ1) is 16.7. The SMILES string of the molecule is CCOc1ccc(S(=O)(=O)N2CCC[C@@H](C(=O)N3CCN(c4cccc(C)c4C)CC3)C2)cc1C. The Kier molecular flexibility index (Phi) is 7.71. The number of piperidine rings is 1. The molecule has 0 unspecified atom stereocenters. The van der Waals surface area contributed by atoms with Crippen molar-refractivity contribution in [3.8, 4) is 5.75 Å². The van der Waals surface area contributed by atoms with Crippen LogP contribution in [0.4, 0.5) is 5.69 Å². The van der Waals surface area contributed by atoms with Gasteiger partial charge >= 0.3 is 0 Å². The van der Waals surface area contributed by atoms with Crippen LogP contribution in [0.15, 0.2) is 41.3 Å². The molecule has 7 nitrogen and oxygen atoms in total. The molecule has 190 valence electrons. The van der Waals surface area contributed by atoms with Crippen LogP contribution in [0.2, 0.25) is 0 Å². The summed E-state index contributed by atoms with van der Waals surface area (Å²) < 4.78 is 33.8. The smallest absolute Gasteiger partial charge is 0.243 e. The molecule has 0 spiro atoms. The molecule has 2 saturated heterocycles. The number of hydrogen-bond acceptors (Lipinski definition) is 5. The van der Waals surface area contributed by atoms with Gasteiger partial charge < -0.3 is 14.5 Å². The van der Waals surface area contributed by atoms with Crippen LogP contribution in [0.3, 0.4) is 0 Å². The first kappa shape index (κ1) is 25.5. The van der Waals surface area contributed by atoms with Crippen molar-refractivity contribution in [1.29, 1.82) is 0 Å². The van der Waals surface area contributed by atoms with Crippen molar-refractivity contribution in [2.24, 2.45) is 5.92 Å². The van der Waals surface area contributed by atoms with E-state index in [0.29, 0.717) is 38.4 Å². The molecule has 0 aromatic heterocycles. The predicted molar refractivity (Wildman–Crippen MR) is 139 cm³/mol. The number of nitrogens with zero attached hydrogens (tertiary/aromatic N) is 3. The normalized spacial score (nSPS) is 19.6. The van der Waals surface area contributed by atoms with Gasteiger partial charge in [0.05, 0.1) is 17.4 Å². The van der Waals surface area contributed by atoms with E-state index in [1.54, 1.807) is 18.2 Å². The number of carbonyl (C=O) groups is 1. The molecule has 1 amide bonds. The van der Waals surface area contributed by atoms with Gasteiger partial charge in [0.2, 0.25) is 15.9 Å². The molecule has 2 aliphatic heterocycles. The minimum absolute atomic E-state index is 0.0772. The van der Waals surface area contributed by atoms with Gasteiger partial charge in [0, 0.05) is 45.0 Å². The summed E-state index contributed by atoms with van der Waals surface area (Å²) >= 11 is 0. The average Bonchev–Trinajstić information content (AvgIpc) is 2.87. The van der Waals surface area contributed by atoms with E-state index in [1.807, 2.05) is 18.7 Å². The summed E-state index contributed by atoms with van der Waals surface area (Å²) in [5.74, 6) is 0.473. The fourth-order valence-electron chi connectivity index (χ4n) is 5.12. The molecule has 0 bridgehead atoms. The number of amides is 1. The average molecular weight is 500 g/mol. The highest BCUT2D eigenvalue weighted by Gasteiger charge is 2.36. The van der Waals surface area contributed by atoms with Crippen LogP contribution < -0.4 is 9.64 Å². The second-order valence-electron chi connectivity index (χ2n) is 9.59. The number of anilines is 1. The molecule has 1 atom stereocenters. The van der Waals surface area contributed by atoms with Crippen LogP contribution in [0.5, 0.6) is 5.75 Å². The van der Waals surface area contributed by atoms with Gasteiger partial charge in [0.15, 0.2) is 0 Å². The molecule has 35 heavy (non-hydrogen) atoms. The van der Waals surface area contributed by atoms with E-state index in [1.165, 1.54) is 21.1 Å². The van der Waals surface area contributed by atoms with E-state index >= 15 is 0 Å². The van der Waals surface area contributed by atoms with Gasteiger partial charge in [-0.05, 0) is 81.5 Å². The van der Waals surface area contributed by atoms with Crippen molar-refractivity contribution in [3.63, 3.8) is 0 Å². The summed E-state index contributed by atoms with van der Waals surface area (Å²) in [5.41, 5.74) is 4.58. The van der Waals surface area contributed by atoms with E-state index in [2.05, 4.69) is 36.9 Å². The number of hydrogen-bond donors (Lipinski definition) is 0. The van der Waals surface area contributed by atoms with Gasteiger partial charge in [-0.1, -0.05) is 12.1 Å². The van der Waals surface area contributed by atoms with Crippen LogP contribution in [-0.4, -0.2) is 69.4 Å². The quantitative estimate of drug-likeness (QED) is 0.605. The number of rotatable bonds is 6. The number of piperazine rings is 1. The molecule has 8 heteroatoms. The standard InChI is InChI=1S/C27H37N3O4S/c1-5-34-26-12-11-24(18-21(26)3)35(32,33)30-13-7-9-23(19-30)27(31)29-16-14-28(15-17-29)25-10-6-8-20(2)22(25)4/h6,8,10-12,18,23H,5,7,9,13-17,19H2,1-4H3/t23-/m1/s1. The zero-order chi connectivity index (χ0) is 25.2. The third-order valence-electron chi connectivity index (χ3n) is 7.33. The maximum absolute atomic E-state index is 13.4. The molecule has 2 heterocycles. The van der Waals surface area contributed by atoms with Crippen molar-refractivity contribution >= 4 is 21.6 Å². The number of sulfonamides is 1. The van der Waals surface area contributed by atoms with Gasteiger partial charge in [0.1, 0.15) is 5.75 Å². The fourth-order valence-corrected chi connectivity index (χ4v) is 6.72. The van der Waals surface area contributed by atoms with Crippen LogP contribution in [0.1, 0.15) is 36.5 Å². The van der Waals surface area contributed by atoms with Gasteiger partial charge in [-0.15, -0.1) is 0 Å². The van der Waals surface area contributed by atoms with Gasteiger partial charge in [-0.25, -0.2) is 8.42 Å². The third kappa shape index (κ3) is 5.33. The second-order valence-corrected chi connectivity index (χ2v) is 11.5. The highest BCUT2D eigenvalue weighted by Crippen LogP contribution is 2.29. The Bertz CT molecular complexity index is 1170. The molecule has 4 rings (SSSR count). The van der Waals surface area contributed by atoms with Crippen LogP contribution in [0.25, 0.3) is 0 Å². The topological polar surface area (TPSA) is 70.2 Å². The van der Waals surface area contributed by atoms with E-state index in [9.17, 15) is 13.2 Å². The van der Waals surface area contributed by atoms with Crippen molar-refractivity contribution in [2.45, 2.75) is 45.4 Å². The lowest BCUT2D eigenvalue weighted by atomic mass is 9.97. The number of ether oxygens (including phenoxy) is 1. The Labute approximate surface area is 209 Å². The summed E-state index contributed by atoms with van der Waals surface area (Å²) in [7, 11) is -3.67. The molecule has 0 radical (unpaired) electrons. The van der Waals surface area contributed by atoms with E-state index in [-0.39, 0.29) is 23.3 Å². The van der Waals surface area contributed by atoms with Crippen molar-refractivity contribution in [3.05, 3.63) is 53.1 Å². The minimum atomic E-state index is -3.67. The van der Waals surface area contributed by atoms with Crippen molar-refractivity contribution in [2.75, 3.05) is 50.8 Å². The molecule has 0 saturated carbocycles. The largest absolute Gasteiger partial charge is 0.494 e. The molecule has 2 aliphatic rings. The lowest BCUT2D eigenvalue weighted by Crippen LogP contribution is -2.53. The van der Waals surface area contributed by atoms with Crippen LogP contribution in [-0.2, 0) is 14.8 Å². The molecule has 0 aliphatic carbocycles.